The van der Waals surface area contributed by atoms with Crippen molar-refractivity contribution in [2.45, 2.75) is 24.3 Å². The third-order valence-electron chi connectivity index (χ3n) is 4.93. The van der Waals surface area contributed by atoms with Gasteiger partial charge in [-0.15, -0.1) is 5.10 Å². The van der Waals surface area contributed by atoms with E-state index in [9.17, 15) is 4.79 Å². The van der Waals surface area contributed by atoms with Gasteiger partial charge in [-0.25, -0.2) is 0 Å². The minimum absolute atomic E-state index is 0.00318. The summed E-state index contributed by atoms with van der Waals surface area (Å²) in [5.41, 5.74) is 4.50. The average Bonchev–Trinajstić information content (AvgIpc) is 3.26. The van der Waals surface area contributed by atoms with E-state index in [1.807, 2.05) is 86.6 Å². The maximum atomic E-state index is 13.5. The number of para-hydroxylation sites is 2. The first-order valence-electron chi connectivity index (χ1n) is 9.82. The van der Waals surface area contributed by atoms with E-state index in [0.717, 1.165) is 16.7 Å². The van der Waals surface area contributed by atoms with Crippen LogP contribution in [0.5, 0.6) is 5.75 Å². The van der Waals surface area contributed by atoms with Crippen LogP contribution < -0.4 is 4.74 Å². The zero-order chi connectivity index (χ0) is 21.8. The summed E-state index contributed by atoms with van der Waals surface area (Å²) in [6.45, 7) is 4.03. The summed E-state index contributed by atoms with van der Waals surface area (Å²) >= 11 is 1.32. The van der Waals surface area contributed by atoms with Crippen molar-refractivity contribution >= 4 is 17.5 Å². The second-order valence-corrected chi connectivity index (χ2v) is 8.26. The Balaban J connectivity index is 1.74. The van der Waals surface area contributed by atoms with Crippen LogP contribution in [0.1, 0.15) is 32.3 Å². The van der Waals surface area contributed by atoms with Gasteiger partial charge < -0.3 is 4.74 Å². The lowest BCUT2D eigenvalue weighted by atomic mass is 10.0. The number of hydrogen-bond acceptors (Lipinski definition) is 6. The molecule has 0 bridgehead atoms. The number of ketones is 1. The molecule has 7 heteroatoms. The maximum absolute atomic E-state index is 13.5. The fourth-order valence-electron chi connectivity index (χ4n) is 3.20. The highest BCUT2D eigenvalue weighted by molar-refractivity contribution is 8.00. The molecule has 31 heavy (non-hydrogen) atoms. The van der Waals surface area contributed by atoms with Crippen LogP contribution in [0.15, 0.2) is 78.0 Å². The van der Waals surface area contributed by atoms with Crippen LogP contribution in [0.3, 0.4) is 0 Å². The normalized spacial score (nSPS) is 11.8. The van der Waals surface area contributed by atoms with Crippen LogP contribution in [0, 0.1) is 13.8 Å². The summed E-state index contributed by atoms with van der Waals surface area (Å²) in [6, 6.07) is 23.1. The van der Waals surface area contributed by atoms with Crippen molar-refractivity contribution in [1.29, 1.82) is 0 Å². The molecular weight excluding hydrogens is 408 g/mol. The number of aromatic nitrogens is 4. The summed E-state index contributed by atoms with van der Waals surface area (Å²) in [4.78, 5) is 13.5. The number of aryl methyl sites for hydroxylation is 2. The molecule has 1 aromatic heterocycles. The van der Waals surface area contributed by atoms with Gasteiger partial charge in [0.15, 0.2) is 5.78 Å². The lowest BCUT2D eigenvalue weighted by Crippen LogP contribution is -2.12. The zero-order valence-electron chi connectivity index (χ0n) is 17.5. The third kappa shape index (κ3) is 4.51. The van der Waals surface area contributed by atoms with Crippen LogP contribution in [-0.2, 0) is 0 Å². The largest absolute Gasteiger partial charge is 0.494 e. The van der Waals surface area contributed by atoms with Crippen LogP contribution in [0.25, 0.3) is 5.69 Å². The Labute approximate surface area is 185 Å². The summed E-state index contributed by atoms with van der Waals surface area (Å²) in [5.74, 6) is 0.650. The van der Waals surface area contributed by atoms with Gasteiger partial charge >= 0.3 is 0 Å². The number of carbonyl (C=O) groups excluding carboxylic acids is 1. The van der Waals surface area contributed by atoms with Crippen molar-refractivity contribution in [3.05, 3.63) is 95.1 Å². The van der Waals surface area contributed by atoms with Crippen LogP contribution >= 0.6 is 11.8 Å². The van der Waals surface area contributed by atoms with Gasteiger partial charge in [-0.1, -0.05) is 83.6 Å². The average molecular weight is 431 g/mol. The molecule has 0 aliphatic heterocycles. The van der Waals surface area contributed by atoms with E-state index in [-0.39, 0.29) is 5.78 Å². The highest BCUT2D eigenvalue weighted by Gasteiger charge is 2.27. The molecule has 0 fully saturated rings. The fourth-order valence-corrected chi connectivity index (χ4v) is 4.26. The molecule has 0 N–H and O–H groups in total. The van der Waals surface area contributed by atoms with E-state index in [2.05, 4.69) is 15.5 Å². The van der Waals surface area contributed by atoms with Crippen LogP contribution in [0.2, 0.25) is 0 Å². The van der Waals surface area contributed by atoms with Crippen LogP contribution in [-0.4, -0.2) is 33.1 Å². The molecular formula is C24H22N4O2S. The van der Waals surface area contributed by atoms with Gasteiger partial charge in [-0.2, -0.15) is 4.68 Å². The lowest BCUT2D eigenvalue weighted by Gasteiger charge is -2.17. The van der Waals surface area contributed by atoms with Gasteiger partial charge in [0, 0.05) is 5.56 Å². The number of thioether (sulfide) groups is 1. The molecule has 0 radical (unpaired) electrons. The molecule has 1 atom stereocenters. The van der Waals surface area contributed by atoms with Gasteiger partial charge in [-0.05, 0) is 42.0 Å². The molecule has 0 spiro atoms. The topological polar surface area (TPSA) is 69.9 Å². The van der Waals surface area contributed by atoms with Crippen molar-refractivity contribution in [1.82, 2.24) is 20.2 Å². The first kappa shape index (κ1) is 20.8. The number of rotatable bonds is 7. The minimum Gasteiger partial charge on any atom is -0.494 e. The second-order valence-electron chi connectivity index (χ2n) is 7.18. The summed E-state index contributed by atoms with van der Waals surface area (Å²) in [5, 5.41) is 12.2. The van der Waals surface area contributed by atoms with E-state index in [1.54, 1.807) is 11.8 Å². The Bertz CT molecular complexity index is 1190. The molecule has 156 valence electrons. The number of benzene rings is 3. The first-order valence-corrected chi connectivity index (χ1v) is 10.7. The smallest absolute Gasteiger partial charge is 0.215 e. The minimum atomic E-state index is -0.497. The number of Topliss-reactive ketones (excluding diaryl/α,β-unsaturated/α-hetero) is 1. The Morgan fingerprint density at radius 3 is 2.26 bits per heavy atom. The lowest BCUT2D eigenvalue weighted by molar-refractivity contribution is 0.0989. The zero-order valence-corrected chi connectivity index (χ0v) is 18.3. The number of carbonyl (C=O) groups is 1. The quantitative estimate of drug-likeness (QED) is 0.303. The van der Waals surface area contributed by atoms with Gasteiger partial charge in [-0.3, -0.25) is 4.79 Å². The van der Waals surface area contributed by atoms with Gasteiger partial charge in [0.2, 0.25) is 5.16 Å². The first-order chi connectivity index (χ1) is 15.1. The third-order valence-corrected chi connectivity index (χ3v) is 6.12. The highest BCUT2D eigenvalue weighted by Crippen LogP contribution is 2.38. The standard InChI is InChI=1S/C24H22N4O2S/c1-16-8-12-18(13-9-16)22(29)23(19-14-10-17(2)11-15-19)31-24-25-26-27-28(24)20-6-4-5-7-21(20)30-3/h4-15,23H,1-3H3. The number of hydrogen-bond donors (Lipinski definition) is 0. The number of nitrogens with zero attached hydrogens (tertiary/aromatic N) is 4. The molecule has 4 rings (SSSR count). The van der Waals surface area contributed by atoms with E-state index in [1.165, 1.54) is 11.8 Å². The predicted molar refractivity (Wildman–Crippen MR) is 121 cm³/mol. The fraction of sp³-hybridized carbons (Fsp3) is 0.167. The summed E-state index contributed by atoms with van der Waals surface area (Å²) in [6.07, 6.45) is 0. The van der Waals surface area contributed by atoms with E-state index in [4.69, 9.17) is 4.74 Å². The SMILES string of the molecule is COc1ccccc1-n1nnnc1SC(C(=O)c1ccc(C)cc1)c1ccc(C)cc1. The van der Waals surface area contributed by atoms with Gasteiger partial charge in [0.1, 0.15) is 16.7 Å². The summed E-state index contributed by atoms with van der Waals surface area (Å²) < 4.78 is 7.07. The van der Waals surface area contributed by atoms with Crippen molar-refractivity contribution in [2.75, 3.05) is 7.11 Å². The highest BCUT2D eigenvalue weighted by atomic mass is 32.2. The molecule has 0 saturated heterocycles. The molecule has 0 saturated carbocycles. The molecule has 0 aliphatic rings. The monoisotopic (exact) mass is 430 g/mol. The van der Waals surface area contributed by atoms with Crippen molar-refractivity contribution in [3.63, 3.8) is 0 Å². The predicted octanol–water partition coefficient (Wildman–Crippen LogP) is 5.00. The van der Waals surface area contributed by atoms with Crippen LogP contribution in [0.4, 0.5) is 0 Å². The second kappa shape index (κ2) is 9.14. The molecule has 3 aromatic carbocycles. The molecule has 4 aromatic rings. The Hall–Kier alpha value is -3.45. The van der Waals surface area contributed by atoms with Crippen molar-refractivity contribution < 1.29 is 9.53 Å². The molecule has 1 unspecified atom stereocenters. The maximum Gasteiger partial charge on any atom is 0.215 e. The Morgan fingerprint density at radius 1 is 0.935 bits per heavy atom. The van der Waals surface area contributed by atoms with Crippen molar-refractivity contribution in [2.24, 2.45) is 0 Å². The number of ether oxygens (including phenoxy) is 1. The summed E-state index contributed by atoms with van der Waals surface area (Å²) in [7, 11) is 1.60. The molecule has 1 heterocycles. The van der Waals surface area contributed by atoms with Gasteiger partial charge in [0.25, 0.3) is 0 Å². The number of methoxy groups -OCH3 is 1. The van der Waals surface area contributed by atoms with E-state index >= 15 is 0 Å². The molecule has 6 nitrogen and oxygen atoms in total. The van der Waals surface area contributed by atoms with E-state index < -0.39 is 5.25 Å². The van der Waals surface area contributed by atoms with E-state index in [0.29, 0.717) is 22.2 Å². The Morgan fingerprint density at radius 2 is 1.58 bits per heavy atom. The molecule has 0 aliphatic carbocycles. The number of tetrazole rings is 1. The Kier molecular flexibility index (Phi) is 6.13. The van der Waals surface area contributed by atoms with Gasteiger partial charge in [0.05, 0.1) is 7.11 Å². The van der Waals surface area contributed by atoms with Crippen molar-refractivity contribution in [3.8, 4) is 11.4 Å². The molecule has 0 amide bonds.